The molecule has 3 rings (SSSR count). The first-order valence-corrected chi connectivity index (χ1v) is 8.12. The van der Waals surface area contributed by atoms with Crippen molar-refractivity contribution in [3.8, 4) is 0 Å². The number of para-hydroxylation sites is 1. The van der Waals surface area contributed by atoms with Crippen molar-refractivity contribution < 1.29 is 14.6 Å². The van der Waals surface area contributed by atoms with Crippen molar-refractivity contribution in [3.63, 3.8) is 0 Å². The fourth-order valence-corrected chi connectivity index (χ4v) is 3.58. The molecule has 1 unspecified atom stereocenters. The summed E-state index contributed by atoms with van der Waals surface area (Å²) >= 11 is 7.43. The Bertz CT molecular complexity index is 668. The minimum atomic E-state index is -0.857. The summed E-state index contributed by atoms with van der Waals surface area (Å²) in [5.74, 6) is -0.876. The van der Waals surface area contributed by atoms with Crippen molar-refractivity contribution in [2.45, 2.75) is 24.0 Å². The molecule has 7 heteroatoms. The van der Waals surface area contributed by atoms with Crippen LogP contribution in [0.25, 0.3) is 11.0 Å². The molecule has 1 fully saturated rings. The second-order valence-corrected chi connectivity index (χ2v) is 6.28. The summed E-state index contributed by atoms with van der Waals surface area (Å²) in [4.78, 5) is 15.4. The Kier molecular flexibility index (Phi) is 4.37. The largest absolute Gasteiger partial charge is 0.481 e. The topological polar surface area (TPSA) is 64.3 Å². The van der Waals surface area contributed by atoms with Gasteiger partial charge in [-0.15, -0.1) is 0 Å². The number of aromatic nitrogens is 2. The minimum Gasteiger partial charge on any atom is -0.481 e. The molecule has 0 aliphatic carbocycles. The SMILES string of the molecule is O=C(O)CSc1nc2c(Cl)cccc2n1C1CCCOC1. The van der Waals surface area contributed by atoms with E-state index in [0.29, 0.717) is 16.8 Å². The molecule has 1 N–H and O–H groups in total. The molecule has 1 aliphatic rings. The smallest absolute Gasteiger partial charge is 0.313 e. The van der Waals surface area contributed by atoms with Crippen LogP contribution in [-0.2, 0) is 9.53 Å². The normalized spacial score (nSPS) is 19.0. The van der Waals surface area contributed by atoms with Gasteiger partial charge in [0.25, 0.3) is 0 Å². The molecule has 1 aliphatic heterocycles. The molecule has 0 bridgehead atoms. The number of carboxylic acids is 1. The van der Waals surface area contributed by atoms with Crippen LogP contribution in [-0.4, -0.2) is 39.6 Å². The fourth-order valence-electron chi connectivity index (χ4n) is 2.57. The van der Waals surface area contributed by atoms with Crippen LogP contribution < -0.4 is 0 Å². The first-order valence-electron chi connectivity index (χ1n) is 6.75. The molecule has 21 heavy (non-hydrogen) atoms. The summed E-state index contributed by atoms with van der Waals surface area (Å²) in [5, 5.41) is 10.2. The Balaban J connectivity index is 2.06. The van der Waals surface area contributed by atoms with E-state index in [9.17, 15) is 4.79 Å². The Morgan fingerprint density at radius 2 is 2.43 bits per heavy atom. The van der Waals surface area contributed by atoms with Crippen LogP contribution in [0.15, 0.2) is 23.4 Å². The van der Waals surface area contributed by atoms with Gasteiger partial charge in [0.05, 0.1) is 28.9 Å². The molecule has 112 valence electrons. The minimum absolute atomic E-state index is 0.0193. The number of hydrogen-bond donors (Lipinski definition) is 1. The van der Waals surface area contributed by atoms with Crippen LogP contribution in [0.2, 0.25) is 5.02 Å². The second kappa shape index (κ2) is 6.25. The quantitative estimate of drug-likeness (QED) is 0.874. The van der Waals surface area contributed by atoms with Crippen molar-refractivity contribution in [2.24, 2.45) is 0 Å². The van der Waals surface area contributed by atoms with Gasteiger partial charge in [0.1, 0.15) is 5.52 Å². The van der Waals surface area contributed by atoms with Crippen molar-refractivity contribution in [2.75, 3.05) is 19.0 Å². The molecule has 0 radical (unpaired) electrons. The Labute approximate surface area is 131 Å². The summed E-state index contributed by atoms with van der Waals surface area (Å²) in [6, 6.07) is 5.83. The number of benzene rings is 1. The lowest BCUT2D eigenvalue weighted by Gasteiger charge is -2.25. The molecule has 1 aromatic carbocycles. The van der Waals surface area contributed by atoms with Crippen LogP contribution in [0.4, 0.5) is 0 Å². The molecule has 0 spiro atoms. The Hall–Kier alpha value is -1.24. The van der Waals surface area contributed by atoms with Gasteiger partial charge in [-0.2, -0.15) is 0 Å². The highest BCUT2D eigenvalue weighted by molar-refractivity contribution is 7.99. The van der Waals surface area contributed by atoms with E-state index in [1.54, 1.807) is 6.07 Å². The number of carbonyl (C=O) groups is 1. The van der Waals surface area contributed by atoms with Crippen molar-refractivity contribution in [3.05, 3.63) is 23.2 Å². The van der Waals surface area contributed by atoms with Crippen LogP contribution in [0.3, 0.4) is 0 Å². The number of hydrogen-bond acceptors (Lipinski definition) is 4. The molecule has 0 saturated carbocycles. The number of rotatable bonds is 4. The summed E-state index contributed by atoms with van der Waals surface area (Å²) < 4.78 is 7.64. The zero-order chi connectivity index (χ0) is 14.8. The van der Waals surface area contributed by atoms with Gasteiger partial charge in [-0.05, 0) is 25.0 Å². The fraction of sp³-hybridized carbons (Fsp3) is 0.429. The third-order valence-electron chi connectivity index (χ3n) is 3.46. The lowest BCUT2D eigenvalue weighted by molar-refractivity contribution is -0.133. The maximum Gasteiger partial charge on any atom is 0.313 e. The van der Waals surface area contributed by atoms with E-state index in [0.717, 1.165) is 30.5 Å². The molecule has 1 aromatic heterocycles. The molecule has 2 heterocycles. The summed E-state index contributed by atoms with van der Waals surface area (Å²) in [6.07, 6.45) is 1.99. The summed E-state index contributed by atoms with van der Waals surface area (Å²) in [7, 11) is 0. The number of halogens is 1. The highest BCUT2D eigenvalue weighted by atomic mass is 35.5. The van der Waals surface area contributed by atoms with E-state index in [1.807, 2.05) is 12.1 Å². The van der Waals surface area contributed by atoms with Gasteiger partial charge in [0.15, 0.2) is 5.16 Å². The van der Waals surface area contributed by atoms with Crippen LogP contribution >= 0.6 is 23.4 Å². The van der Waals surface area contributed by atoms with Crippen LogP contribution in [0.5, 0.6) is 0 Å². The number of fused-ring (bicyclic) bond motifs is 1. The third-order valence-corrected chi connectivity index (χ3v) is 4.71. The van der Waals surface area contributed by atoms with E-state index in [2.05, 4.69) is 9.55 Å². The average molecular weight is 327 g/mol. The molecule has 1 saturated heterocycles. The lowest BCUT2D eigenvalue weighted by Crippen LogP contribution is -2.22. The summed E-state index contributed by atoms with van der Waals surface area (Å²) in [6.45, 7) is 1.40. The van der Waals surface area contributed by atoms with Gasteiger partial charge in [0.2, 0.25) is 0 Å². The third kappa shape index (κ3) is 3.02. The van der Waals surface area contributed by atoms with Crippen molar-refractivity contribution >= 4 is 40.4 Å². The van der Waals surface area contributed by atoms with Gasteiger partial charge in [-0.1, -0.05) is 29.4 Å². The number of carboxylic acid groups (broad SMARTS) is 1. The highest BCUT2D eigenvalue weighted by Crippen LogP contribution is 2.34. The average Bonchev–Trinajstić information content (AvgIpc) is 2.86. The van der Waals surface area contributed by atoms with Crippen LogP contribution in [0, 0.1) is 0 Å². The molecule has 0 amide bonds. The van der Waals surface area contributed by atoms with E-state index >= 15 is 0 Å². The lowest BCUT2D eigenvalue weighted by atomic mass is 10.1. The van der Waals surface area contributed by atoms with Gasteiger partial charge >= 0.3 is 5.97 Å². The standard InChI is InChI=1S/C14H15ClN2O3S/c15-10-4-1-5-11-13(10)16-14(21-8-12(18)19)17(11)9-3-2-6-20-7-9/h1,4-5,9H,2-3,6-8H2,(H,18,19). The predicted octanol–water partition coefficient (Wildman–Crippen LogP) is 3.22. The van der Waals surface area contributed by atoms with Gasteiger partial charge in [0, 0.05) is 6.61 Å². The van der Waals surface area contributed by atoms with Gasteiger partial charge in [-0.25, -0.2) is 4.98 Å². The first kappa shape index (κ1) is 14.7. The van der Waals surface area contributed by atoms with E-state index in [4.69, 9.17) is 21.4 Å². The maximum absolute atomic E-state index is 10.8. The number of ether oxygens (including phenoxy) is 1. The highest BCUT2D eigenvalue weighted by Gasteiger charge is 2.23. The van der Waals surface area contributed by atoms with E-state index in [1.165, 1.54) is 11.8 Å². The first-order chi connectivity index (χ1) is 10.2. The Morgan fingerprint density at radius 3 is 3.14 bits per heavy atom. The monoisotopic (exact) mass is 326 g/mol. The number of nitrogens with zero attached hydrogens (tertiary/aromatic N) is 2. The zero-order valence-electron chi connectivity index (χ0n) is 11.3. The van der Waals surface area contributed by atoms with Gasteiger partial charge < -0.3 is 14.4 Å². The van der Waals surface area contributed by atoms with Crippen molar-refractivity contribution in [1.29, 1.82) is 0 Å². The molecule has 5 nitrogen and oxygen atoms in total. The predicted molar refractivity (Wildman–Crippen MR) is 82.2 cm³/mol. The second-order valence-electron chi connectivity index (χ2n) is 4.93. The van der Waals surface area contributed by atoms with Gasteiger partial charge in [-0.3, -0.25) is 4.79 Å². The molecular weight excluding hydrogens is 312 g/mol. The molecule has 1 atom stereocenters. The number of thioether (sulfide) groups is 1. The number of imidazole rings is 1. The zero-order valence-corrected chi connectivity index (χ0v) is 12.9. The van der Waals surface area contributed by atoms with Crippen LogP contribution in [0.1, 0.15) is 18.9 Å². The molecular formula is C14H15ClN2O3S. The Morgan fingerprint density at radius 1 is 1.57 bits per heavy atom. The molecule has 2 aromatic rings. The van der Waals surface area contributed by atoms with Crippen molar-refractivity contribution in [1.82, 2.24) is 9.55 Å². The number of aliphatic carboxylic acids is 1. The van der Waals surface area contributed by atoms with E-state index < -0.39 is 5.97 Å². The maximum atomic E-state index is 10.8. The van der Waals surface area contributed by atoms with E-state index in [-0.39, 0.29) is 11.8 Å². The summed E-state index contributed by atoms with van der Waals surface area (Å²) in [5.41, 5.74) is 1.66.